The zero-order chi connectivity index (χ0) is 13.1. The number of aromatic nitrogens is 2. The fraction of sp³-hybridized carbons (Fsp3) is 0.308. The first-order chi connectivity index (χ1) is 8.60. The van der Waals surface area contributed by atoms with Gasteiger partial charge in [0.2, 0.25) is 11.8 Å². The summed E-state index contributed by atoms with van der Waals surface area (Å²) in [6, 6.07) is 6.10. The molecule has 2 rings (SSSR count). The van der Waals surface area contributed by atoms with Crippen LogP contribution < -0.4 is 5.32 Å². The summed E-state index contributed by atoms with van der Waals surface area (Å²) in [5.41, 5.74) is 3.12. The minimum Gasteiger partial charge on any atom is -0.403 e. The van der Waals surface area contributed by atoms with Crippen molar-refractivity contribution in [3.63, 3.8) is 0 Å². The number of carbonyl (C=O) groups excluding carboxylic acids is 1. The standard InChI is InChI=1S/C13H15N3O2/c1-4-11(17)14-13-16-15-12(18-13)10-6-5-8(2)7-9(10)3/h5-7H,4H2,1-3H3,(H,14,16,17). The normalized spacial score (nSPS) is 10.4. The van der Waals surface area contributed by atoms with Gasteiger partial charge in [-0.05, 0) is 25.5 Å². The molecule has 18 heavy (non-hydrogen) atoms. The molecule has 0 atom stereocenters. The Balaban J connectivity index is 2.26. The molecule has 1 N–H and O–H groups in total. The molecular formula is C13H15N3O2. The number of carbonyl (C=O) groups is 1. The van der Waals surface area contributed by atoms with Gasteiger partial charge >= 0.3 is 6.01 Å². The Bertz CT molecular complexity index is 575. The lowest BCUT2D eigenvalue weighted by Crippen LogP contribution is -2.09. The molecule has 0 radical (unpaired) electrons. The van der Waals surface area contributed by atoms with Gasteiger partial charge < -0.3 is 4.42 Å². The number of hydrogen-bond acceptors (Lipinski definition) is 4. The Morgan fingerprint density at radius 2 is 2.11 bits per heavy atom. The van der Waals surface area contributed by atoms with E-state index in [-0.39, 0.29) is 11.9 Å². The molecule has 1 amide bonds. The van der Waals surface area contributed by atoms with Crippen molar-refractivity contribution in [2.24, 2.45) is 0 Å². The summed E-state index contributed by atoms with van der Waals surface area (Å²) in [4.78, 5) is 11.2. The van der Waals surface area contributed by atoms with Gasteiger partial charge in [0.1, 0.15) is 0 Å². The molecule has 0 aliphatic carbocycles. The lowest BCUT2D eigenvalue weighted by atomic mass is 10.1. The number of hydrogen-bond donors (Lipinski definition) is 1. The molecule has 5 heteroatoms. The van der Waals surface area contributed by atoms with Crippen LogP contribution in [0.3, 0.4) is 0 Å². The van der Waals surface area contributed by atoms with E-state index in [1.165, 1.54) is 5.56 Å². The van der Waals surface area contributed by atoms with Crippen LogP contribution in [0.25, 0.3) is 11.5 Å². The highest BCUT2D eigenvalue weighted by molar-refractivity contribution is 5.88. The summed E-state index contributed by atoms with van der Waals surface area (Å²) in [6.07, 6.45) is 0.376. The number of nitrogens with one attached hydrogen (secondary N) is 1. The van der Waals surface area contributed by atoms with Gasteiger partial charge in [-0.3, -0.25) is 10.1 Å². The van der Waals surface area contributed by atoms with Crippen LogP contribution in [0.15, 0.2) is 22.6 Å². The number of aryl methyl sites for hydroxylation is 2. The summed E-state index contributed by atoms with van der Waals surface area (Å²) in [5.74, 6) is 0.268. The molecule has 0 fully saturated rings. The molecule has 0 aliphatic rings. The number of rotatable bonds is 3. The van der Waals surface area contributed by atoms with E-state index in [9.17, 15) is 4.79 Å². The first-order valence-electron chi connectivity index (χ1n) is 5.81. The molecular weight excluding hydrogens is 230 g/mol. The smallest absolute Gasteiger partial charge is 0.322 e. The lowest BCUT2D eigenvalue weighted by molar-refractivity contribution is -0.116. The van der Waals surface area contributed by atoms with Gasteiger partial charge in [0.15, 0.2) is 0 Å². The van der Waals surface area contributed by atoms with Crippen molar-refractivity contribution in [1.29, 1.82) is 0 Å². The van der Waals surface area contributed by atoms with E-state index < -0.39 is 0 Å². The highest BCUT2D eigenvalue weighted by Gasteiger charge is 2.12. The maximum Gasteiger partial charge on any atom is 0.322 e. The molecule has 94 valence electrons. The van der Waals surface area contributed by atoms with Gasteiger partial charge in [-0.1, -0.05) is 29.7 Å². The number of amides is 1. The van der Waals surface area contributed by atoms with Gasteiger partial charge in [-0.15, -0.1) is 5.10 Å². The van der Waals surface area contributed by atoms with Gasteiger partial charge in [0.25, 0.3) is 0 Å². The molecule has 1 aromatic carbocycles. The predicted octanol–water partition coefficient (Wildman–Crippen LogP) is 2.70. The fourth-order valence-electron chi connectivity index (χ4n) is 1.64. The second-order valence-corrected chi connectivity index (χ2v) is 4.13. The van der Waals surface area contributed by atoms with Crippen LogP contribution in [0.1, 0.15) is 24.5 Å². The van der Waals surface area contributed by atoms with Crippen LogP contribution in [0, 0.1) is 13.8 Å². The molecule has 1 aromatic heterocycles. The van der Waals surface area contributed by atoms with E-state index in [1.54, 1.807) is 6.92 Å². The van der Waals surface area contributed by atoms with Gasteiger partial charge in [-0.2, -0.15) is 0 Å². The highest BCUT2D eigenvalue weighted by atomic mass is 16.4. The molecule has 1 heterocycles. The van der Waals surface area contributed by atoms with E-state index in [4.69, 9.17) is 4.42 Å². The fourth-order valence-corrected chi connectivity index (χ4v) is 1.64. The third-order valence-corrected chi connectivity index (χ3v) is 2.60. The Hall–Kier alpha value is -2.17. The largest absolute Gasteiger partial charge is 0.403 e. The Morgan fingerprint density at radius 3 is 2.78 bits per heavy atom. The monoisotopic (exact) mass is 245 g/mol. The van der Waals surface area contributed by atoms with Crippen LogP contribution in [-0.4, -0.2) is 16.1 Å². The third-order valence-electron chi connectivity index (χ3n) is 2.60. The maximum absolute atomic E-state index is 11.2. The van der Waals surface area contributed by atoms with E-state index in [2.05, 4.69) is 15.5 Å². The number of benzene rings is 1. The van der Waals surface area contributed by atoms with Crippen LogP contribution in [-0.2, 0) is 4.79 Å². The maximum atomic E-state index is 11.2. The second kappa shape index (κ2) is 5.00. The van der Waals surface area contributed by atoms with E-state index in [1.807, 2.05) is 32.0 Å². The Morgan fingerprint density at radius 1 is 1.33 bits per heavy atom. The molecule has 0 saturated heterocycles. The summed E-state index contributed by atoms with van der Waals surface area (Å²) >= 11 is 0. The molecule has 5 nitrogen and oxygen atoms in total. The van der Waals surface area contributed by atoms with Crippen molar-refractivity contribution in [3.05, 3.63) is 29.3 Å². The van der Waals surface area contributed by atoms with Gasteiger partial charge in [0, 0.05) is 12.0 Å². The molecule has 0 saturated carbocycles. The van der Waals surface area contributed by atoms with Crippen LogP contribution >= 0.6 is 0 Å². The Labute approximate surface area is 105 Å². The molecule has 0 unspecified atom stereocenters. The Kier molecular flexibility index (Phi) is 3.41. The van der Waals surface area contributed by atoms with E-state index in [0.29, 0.717) is 12.3 Å². The minimum absolute atomic E-state index is 0.136. The summed E-state index contributed by atoms with van der Waals surface area (Å²) in [6.45, 7) is 5.77. The van der Waals surface area contributed by atoms with Crippen molar-refractivity contribution in [1.82, 2.24) is 10.2 Å². The van der Waals surface area contributed by atoms with Crippen molar-refractivity contribution in [2.45, 2.75) is 27.2 Å². The zero-order valence-corrected chi connectivity index (χ0v) is 10.7. The number of anilines is 1. The van der Waals surface area contributed by atoms with E-state index in [0.717, 1.165) is 11.1 Å². The summed E-state index contributed by atoms with van der Waals surface area (Å²) in [7, 11) is 0. The lowest BCUT2D eigenvalue weighted by Gasteiger charge is -2.01. The van der Waals surface area contributed by atoms with Crippen molar-refractivity contribution in [3.8, 4) is 11.5 Å². The average Bonchev–Trinajstić information content (AvgIpc) is 2.77. The highest BCUT2D eigenvalue weighted by Crippen LogP contribution is 2.24. The van der Waals surface area contributed by atoms with Gasteiger partial charge in [-0.25, -0.2) is 0 Å². The minimum atomic E-state index is -0.147. The average molecular weight is 245 g/mol. The third kappa shape index (κ3) is 2.56. The summed E-state index contributed by atoms with van der Waals surface area (Å²) in [5, 5.41) is 10.3. The molecule has 0 aliphatic heterocycles. The quantitative estimate of drug-likeness (QED) is 0.902. The van der Waals surface area contributed by atoms with Crippen molar-refractivity contribution in [2.75, 3.05) is 5.32 Å². The first-order valence-corrected chi connectivity index (χ1v) is 5.81. The summed E-state index contributed by atoms with van der Waals surface area (Å²) < 4.78 is 5.41. The van der Waals surface area contributed by atoms with Crippen molar-refractivity contribution < 1.29 is 9.21 Å². The molecule has 2 aromatic rings. The van der Waals surface area contributed by atoms with Crippen molar-refractivity contribution >= 4 is 11.9 Å². The SMILES string of the molecule is CCC(=O)Nc1nnc(-c2ccc(C)cc2C)o1. The second-order valence-electron chi connectivity index (χ2n) is 4.13. The molecule has 0 bridgehead atoms. The first kappa shape index (κ1) is 12.3. The van der Waals surface area contributed by atoms with Crippen LogP contribution in [0.4, 0.5) is 6.01 Å². The topological polar surface area (TPSA) is 68.0 Å². The van der Waals surface area contributed by atoms with Gasteiger partial charge in [0.05, 0.1) is 0 Å². The van der Waals surface area contributed by atoms with Crippen LogP contribution in [0.5, 0.6) is 0 Å². The van der Waals surface area contributed by atoms with Crippen LogP contribution in [0.2, 0.25) is 0 Å². The molecule has 0 spiro atoms. The number of nitrogens with zero attached hydrogens (tertiary/aromatic N) is 2. The zero-order valence-electron chi connectivity index (χ0n) is 10.7. The predicted molar refractivity (Wildman–Crippen MR) is 68.1 cm³/mol. The van der Waals surface area contributed by atoms with E-state index >= 15 is 0 Å².